The average molecular weight is 430 g/mol. The largest absolute Gasteiger partial charge is 0.496 e. The number of benzene rings is 2. The van der Waals surface area contributed by atoms with Gasteiger partial charge in [-0.2, -0.15) is 4.98 Å². The molecule has 6 nitrogen and oxygen atoms in total. The lowest BCUT2D eigenvalue weighted by atomic mass is 9.98. The zero-order chi connectivity index (χ0) is 21.7. The molecular weight excluding hydrogens is 405 g/mol. The smallest absolute Gasteiger partial charge is 0.222 e. The first kappa shape index (κ1) is 21.8. The van der Waals surface area contributed by atoms with Gasteiger partial charge in [-0.05, 0) is 51.3 Å². The van der Waals surface area contributed by atoms with E-state index in [1.54, 1.807) is 13.2 Å². The fourth-order valence-corrected chi connectivity index (χ4v) is 3.35. The van der Waals surface area contributed by atoms with Gasteiger partial charge in [-0.3, -0.25) is 0 Å². The van der Waals surface area contributed by atoms with Gasteiger partial charge in [-0.1, -0.05) is 29.8 Å². The lowest BCUT2D eigenvalue weighted by Gasteiger charge is -2.18. The van der Waals surface area contributed by atoms with Crippen molar-refractivity contribution in [2.45, 2.75) is 6.42 Å². The summed E-state index contributed by atoms with van der Waals surface area (Å²) >= 11 is 6.04. The molecule has 3 rings (SSSR count). The Kier molecular flexibility index (Phi) is 7.07. The molecule has 8 heteroatoms. The summed E-state index contributed by atoms with van der Waals surface area (Å²) < 4.78 is 19.3. The van der Waals surface area contributed by atoms with Crippen molar-refractivity contribution in [2.24, 2.45) is 0 Å². The highest BCUT2D eigenvalue weighted by Gasteiger charge is 2.20. The van der Waals surface area contributed by atoms with Crippen molar-refractivity contribution in [1.29, 1.82) is 0 Å². The van der Waals surface area contributed by atoms with Gasteiger partial charge < -0.3 is 20.7 Å². The topological polar surface area (TPSA) is 76.3 Å². The number of methoxy groups -OCH3 is 1. The van der Waals surface area contributed by atoms with E-state index in [0.29, 0.717) is 34.9 Å². The van der Waals surface area contributed by atoms with Crippen LogP contribution in [0.4, 0.5) is 16.2 Å². The van der Waals surface area contributed by atoms with E-state index in [1.165, 1.54) is 12.1 Å². The minimum Gasteiger partial charge on any atom is -0.496 e. The molecule has 1 aromatic heterocycles. The van der Waals surface area contributed by atoms with Crippen molar-refractivity contribution in [3.63, 3.8) is 0 Å². The van der Waals surface area contributed by atoms with Crippen LogP contribution in [0.15, 0.2) is 42.5 Å². The van der Waals surface area contributed by atoms with Crippen LogP contribution >= 0.6 is 11.6 Å². The number of nitrogens with one attached hydrogen (secondary N) is 1. The number of nitrogen functional groups attached to an aromatic ring is 1. The summed E-state index contributed by atoms with van der Waals surface area (Å²) in [4.78, 5) is 11.0. The molecule has 0 aliphatic heterocycles. The van der Waals surface area contributed by atoms with E-state index in [1.807, 2.05) is 38.4 Å². The van der Waals surface area contributed by atoms with Crippen molar-refractivity contribution >= 4 is 23.4 Å². The van der Waals surface area contributed by atoms with Crippen LogP contribution in [0.2, 0.25) is 5.02 Å². The van der Waals surface area contributed by atoms with Crippen molar-refractivity contribution in [3.8, 4) is 28.1 Å². The fourth-order valence-electron chi connectivity index (χ4n) is 3.17. The summed E-state index contributed by atoms with van der Waals surface area (Å²) in [6.45, 7) is 1.62. The molecular formula is C22H25ClFN5O. The number of para-hydroxylation sites is 1. The van der Waals surface area contributed by atoms with Crippen molar-refractivity contribution < 1.29 is 9.13 Å². The van der Waals surface area contributed by atoms with Gasteiger partial charge in [0.15, 0.2) is 0 Å². The predicted octanol–water partition coefficient (Wildman–Crippen LogP) is 4.56. The van der Waals surface area contributed by atoms with Gasteiger partial charge in [0, 0.05) is 17.7 Å². The molecule has 30 heavy (non-hydrogen) atoms. The van der Waals surface area contributed by atoms with E-state index in [0.717, 1.165) is 18.5 Å². The standard InChI is InChI=1S/C22H25ClFN5O/c1-29(2)12-6-11-26-21-19(15-7-4-5-8-18(15)30-3)20(27-22(25)28-21)14-9-10-17(24)16(23)13-14/h4-5,7-10,13H,6,11-12H2,1-3H3,(H3,25,26,27,28). The highest BCUT2D eigenvalue weighted by Crippen LogP contribution is 2.41. The molecule has 158 valence electrons. The van der Waals surface area contributed by atoms with Crippen molar-refractivity contribution in [1.82, 2.24) is 14.9 Å². The number of rotatable bonds is 8. The lowest BCUT2D eigenvalue weighted by Crippen LogP contribution is -2.17. The molecule has 3 N–H and O–H groups in total. The number of nitrogens with zero attached hydrogens (tertiary/aromatic N) is 3. The van der Waals surface area contributed by atoms with E-state index >= 15 is 0 Å². The van der Waals surface area contributed by atoms with Crippen molar-refractivity contribution in [3.05, 3.63) is 53.3 Å². The monoisotopic (exact) mass is 429 g/mol. The molecule has 0 bridgehead atoms. The van der Waals surface area contributed by atoms with Gasteiger partial charge in [0.2, 0.25) is 5.95 Å². The predicted molar refractivity (Wildman–Crippen MR) is 120 cm³/mol. The average Bonchev–Trinajstić information content (AvgIpc) is 2.72. The number of hydrogen-bond donors (Lipinski definition) is 2. The quantitative estimate of drug-likeness (QED) is 0.511. The van der Waals surface area contributed by atoms with E-state index in [4.69, 9.17) is 22.1 Å². The van der Waals surface area contributed by atoms with Crippen LogP contribution in [0.5, 0.6) is 5.75 Å². The highest BCUT2D eigenvalue weighted by atomic mass is 35.5. The Morgan fingerprint density at radius 3 is 2.63 bits per heavy atom. The first-order chi connectivity index (χ1) is 14.4. The zero-order valence-electron chi connectivity index (χ0n) is 17.2. The number of halogens is 2. The molecule has 0 saturated carbocycles. The summed E-state index contributed by atoms with van der Waals surface area (Å²) in [5.74, 6) is 0.861. The molecule has 0 saturated heterocycles. The summed E-state index contributed by atoms with van der Waals surface area (Å²) in [7, 11) is 5.66. The minimum absolute atomic E-state index is 0.0103. The van der Waals surface area contributed by atoms with Gasteiger partial charge in [0.25, 0.3) is 0 Å². The van der Waals surface area contributed by atoms with Crippen molar-refractivity contribution in [2.75, 3.05) is 45.3 Å². The van der Waals surface area contributed by atoms with Gasteiger partial charge in [-0.25, -0.2) is 9.37 Å². The molecule has 0 radical (unpaired) electrons. The van der Waals surface area contributed by atoms with E-state index in [9.17, 15) is 4.39 Å². The van der Waals surface area contributed by atoms with Crippen LogP contribution in [-0.2, 0) is 0 Å². The Morgan fingerprint density at radius 2 is 1.93 bits per heavy atom. The normalized spacial score (nSPS) is 11.0. The molecule has 0 spiro atoms. The molecule has 0 aliphatic carbocycles. The second kappa shape index (κ2) is 9.73. The van der Waals surface area contributed by atoms with E-state index in [-0.39, 0.29) is 11.0 Å². The molecule has 2 aromatic carbocycles. The maximum atomic E-state index is 13.8. The van der Waals surface area contributed by atoms with Gasteiger partial charge in [0.1, 0.15) is 17.4 Å². The second-order valence-electron chi connectivity index (χ2n) is 7.07. The number of ether oxygens (including phenoxy) is 1. The molecule has 0 unspecified atom stereocenters. The van der Waals surface area contributed by atoms with Crippen LogP contribution in [0.25, 0.3) is 22.4 Å². The molecule has 0 amide bonds. The Morgan fingerprint density at radius 1 is 1.17 bits per heavy atom. The SMILES string of the molecule is COc1ccccc1-c1c(NCCCN(C)C)nc(N)nc1-c1ccc(F)c(Cl)c1. The number of aromatic nitrogens is 2. The van der Waals surface area contributed by atoms with Gasteiger partial charge >= 0.3 is 0 Å². The van der Waals surface area contributed by atoms with Crippen LogP contribution in [0.3, 0.4) is 0 Å². The maximum absolute atomic E-state index is 13.8. The third-order valence-corrected chi connectivity index (χ3v) is 4.86. The summed E-state index contributed by atoms with van der Waals surface area (Å²) in [5, 5.41) is 3.39. The minimum atomic E-state index is -0.497. The van der Waals surface area contributed by atoms with Gasteiger partial charge in [0.05, 0.1) is 23.4 Å². The first-order valence-corrected chi connectivity index (χ1v) is 9.93. The summed E-state index contributed by atoms with van der Waals surface area (Å²) in [6, 6.07) is 12.1. The second-order valence-corrected chi connectivity index (χ2v) is 7.47. The van der Waals surface area contributed by atoms with Gasteiger partial charge in [-0.15, -0.1) is 0 Å². The first-order valence-electron chi connectivity index (χ1n) is 9.55. The Labute approximate surface area is 180 Å². The lowest BCUT2D eigenvalue weighted by molar-refractivity contribution is 0.405. The number of hydrogen-bond acceptors (Lipinski definition) is 6. The summed E-state index contributed by atoms with van der Waals surface area (Å²) in [5.41, 5.74) is 8.72. The van der Waals surface area contributed by atoms with Crippen LogP contribution in [0.1, 0.15) is 6.42 Å². The third-order valence-electron chi connectivity index (χ3n) is 4.57. The van der Waals surface area contributed by atoms with Crippen LogP contribution < -0.4 is 15.8 Å². The Balaban J connectivity index is 2.16. The number of nitrogens with two attached hydrogens (primary N) is 1. The molecule has 3 aromatic rings. The maximum Gasteiger partial charge on any atom is 0.222 e. The van der Waals surface area contributed by atoms with Crippen LogP contribution in [-0.4, -0.2) is 49.2 Å². The number of anilines is 2. The Bertz CT molecular complexity index is 1030. The van der Waals surface area contributed by atoms with Crippen LogP contribution in [0, 0.1) is 5.82 Å². The molecule has 0 atom stereocenters. The fraction of sp³-hybridized carbons (Fsp3) is 0.273. The highest BCUT2D eigenvalue weighted by molar-refractivity contribution is 6.31. The molecule has 0 fully saturated rings. The summed E-state index contributed by atoms with van der Waals surface area (Å²) in [6.07, 6.45) is 0.917. The molecule has 1 heterocycles. The Hall–Kier alpha value is -2.90. The third kappa shape index (κ3) is 4.98. The molecule has 0 aliphatic rings. The van der Waals surface area contributed by atoms with E-state index < -0.39 is 5.82 Å². The van der Waals surface area contributed by atoms with E-state index in [2.05, 4.69) is 20.2 Å². The zero-order valence-corrected chi connectivity index (χ0v) is 18.0.